The molecule has 0 aliphatic heterocycles. The van der Waals surface area contributed by atoms with Gasteiger partial charge in [-0.15, -0.1) is 0 Å². The fourth-order valence-electron chi connectivity index (χ4n) is 0.521. The minimum Gasteiger partial charge on any atom is -0.234 e. The van der Waals surface area contributed by atoms with Crippen LogP contribution in [0, 0.1) is 10.5 Å². The van der Waals surface area contributed by atoms with Crippen molar-refractivity contribution in [3.63, 3.8) is 0 Å². The summed E-state index contributed by atoms with van der Waals surface area (Å²) in [6, 6.07) is 1.99. The largest absolute Gasteiger partial charge is 0.234 e. The van der Waals surface area contributed by atoms with Crippen molar-refractivity contribution < 1.29 is 0 Å². The van der Waals surface area contributed by atoms with Gasteiger partial charge in [-0.25, -0.2) is 4.98 Å². The highest BCUT2D eigenvalue weighted by Gasteiger charge is 2.01. The Kier molecular flexibility index (Phi) is 3.12. The third-order valence-electron chi connectivity index (χ3n) is 1.12. The second kappa shape index (κ2) is 3.49. The van der Waals surface area contributed by atoms with Gasteiger partial charge in [-0.1, -0.05) is 0 Å². The van der Waals surface area contributed by atoms with Gasteiger partial charge in [0.05, 0.1) is 0 Å². The lowest BCUT2D eigenvalue weighted by molar-refractivity contribution is 1.16. The van der Waals surface area contributed by atoms with E-state index < -0.39 is 0 Å². The van der Waals surface area contributed by atoms with E-state index in [0.717, 1.165) is 9.21 Å². The lowest BCUT2D eigenvalue weighted by Gasteiger charge is -1.99. The Labute approximate surface area is 90.0 Å². The van der Waals surface area contributed by atoms with E-state index >= 15 is 0 Å². The first kappa shape index (κ1) is 8.93. The normalized spacial score (nSPS) is 10.0. The predicted molar refractivity (Wildman–Crippen MR) is 57.1 cm³/mol. The highest BCUT2D eigenvalue weighted by atomic mass is 127. The number of rotatable bonds is 0. The Bertz CT molecular complexity index is 239. The highest BCUT2D eigenvalue weighted by molar-refractivity contribution is 14.1. The molecule has 1 nitrogen and oxygen atoms in total. The van der Waals surface area contributed by atoms with Gasteiger partial charge in [0, 0.05) is 3.57 Å². The predicted octanol–water partition coefficient (Wildman–Crippen LogP) is 3.52. The number of halogens is 3. The molecular weight excluding hydrogens is 373 g/mol. The van der Waals surface area contributed by atoms with Crippen LogP contribution in [0.4, 0.5) is 0 Å². The maximum atomic E-state index is 4.16. The summed E-state index contributed by atoms with van der Waals surface area (Å²) in [5.41, 5.74) is 1.18. The summed E-state index contributed by atoms with van der Waals surface area (Å²) < 4.78 is 2.99. The molecule has 0 fully saturated rings. The molecule has 0 radical (unpaired) electrons. The van der Waals surface area contributed by atoms with E-state index in [1.807, 2.05) is 13.0 Å². The Morgan fingerprint density at radius 3 is 2.60 bits per heavy atom. The maximum absolute atomic E-state index is 4.16. The number of pyridine rings is 1. The molecule has 0 aromatic carbocycles. The molecule has 0 bridgehead atoms. The zero-order valence-corrected chi connectivity index (χ0v) is 10.5. The van der Waals surface area contributed by atoms with Gasteiger partial charge in [0.1, 0.15) is 9.21 Å². The molecule has 1 aromatic heterocycles. The van der Waals surface area contributed by atoms with Crippen molar-refractivity contribution in [2.75, 3.05) is 0 Å². The van der Waals surface area contributed by atoms with Gasteiger partial charge in [-0.2, -0.15) is 0 Å². The van der Waals surface area contributed by atoms with Crippen LogP contribution in [0.2, 0.25) is 0 Å². The second-order valence-electron chi connectivity index (χ2n) is 1.84. The van der Waals surface area contributed by atoms with E-state index in [1.54, 1.807) is 0 Å². The van der Waals surface area contributed by atoms with Crippen molar-refractivity contribution in [2.24, 2.45) is 0 Å². The summed E-state index contributed by atoms with van der Waals surface area (Å²) in [4.78, 5) is 4.16. The number of hydrogen-bond acceptors (Lipinski definition) is 1. The van der Waals surface area contributed by atoms with Gasteiger partial charge in [0.2, 0.25) is 0 Å². The molecule has 0 atom stereocenters. The first-order valence-electron chi connectivity index (χ1n) is 2.59. The van der Waals surface area contributed by atoms with E-state index in [0.29, 0.717) is 0 Å². The van der Waals surface area contributed by atoms with E-state index in [9.17, 15) is 0 Å². The van der Waals surface area contributed by atoms with Crippen LogP contribution in [0.25, 0.3) is 0 Å². The first-order chi connectivity index (χ1) is 4.61. The number of aromatic nitrogens is 1. The summed E-state index contributed by atoms with van der Waals surface area (Å²) in [5, 5.41) is 0. The van der Waals surface area contributed by atoms with Gasteiger partial charge in [0.25, 0.3) is 0 Å². The molecule has 4 heteroatoms. The molecule has 0 saturated heterocycles. The van der Waals surface area contributed by atoms with E-state index in [2.05, 4.69) is 59.4 Å². The monoisotopic (exact) mass is 375 g/mol. The third kappa shape index (κ3) is 1.92. The molecular formula is C6H4Br2IN. The minimum absolute atomic E-state index is 0.870. The standard InChI is InChI=1S/C6H4Br2IN/c1-3-4(9)2-5(7)10-6(3)8/h2H,1H3. The van der Waals surface area contributed by atoms with Crippen molar-refractivity contribution in [2.45, 2.75) is 6.92 Å². The van der Waals surface area contributed by atoms with Crippen LogP contribution < -0.4 is 0 Å². The van der Waals surface area contributed by atoms with E-state index in [-0.39, 0.29) is 0 Å². The van der Waals surface area contributed by atoms with Crippen molar-refractivity contribution >= 4 is 54.5 Å². The summed E-state index contributed by atoms with van der Waals surface area (Å²) in [6.45, 7) is 2.03. The third-order valence-corrected chi connectivity index (χ3v) is 3.42. The lowest BCUT2D eigenvalue weighted by Crippen LogP contribution is -1.86. The molecule has 0 N–H and O–H groups in total. The summed E-state index contributed by atoms with van der Waals surface area (Å²) in [6.07, 6.45) is 0. The Morgan fingerprint density at radius 2 is 2.10 bits per heavy atom. The van der Waals surface area contributed by atoms with Crippen LogP contribution in [0.3, 0.4) is 0 Å². The molecule has 0 unspecified atom stereocenters. The zero-order chi connectivity index (χ0) is 7.72. The van der Waals surface area contributed by atoms with Crippen LogP contribution in [0.15, 0.2) is 15.3 Å². The van der Waals surface area contributed by atoms with Crippen LogP contribution in [-0.4, -0.2) is 4.98 Å². The van der Waals surface area contributed by atoms with E-state index in [1.165, 1.54) is 9.13 Å². The maximum Gasteiger partial charge on any atom is 0.111 e. The topological polar surface area (TPSA) is 12.9 Å². The van der Waals surface area contributed by atoms with Crippen LogP contribution in [0.1, 0.15) is 5.56 Å². The summed E-state index contributed by atoms with van der Waals surface area (Å²) >= 11 is 8.93. The SMILES string of the molecule is Cc1c(I)cc(Br)nc1Br. The average molecular weight is 377 g/mol. The Balaban J connectivity index is 3.31. The molecule has 1 heterocycles. The molecule has 0 aliphatic carbocycles. The van der Waals surface area contributed by atoms with Crippen molar-refractivity contribution in [1.29, 1.82) is 0 Å². The molecule has 54 valence electrons. The minimum atomic E-state index is 0.870. The summed E-state index contributed by atoms with van der Waals surface area (Å²) in [5.74, 6) is 0. The smallest absolute Gasteiger partial charge is 0.111 e. The molecule has 0 saturated carbocycles. The van der Waals surface area contributed by atoms with Crippen LogP contribution in [-0.2, 0) is 0 Å². The van der Waals surface area contributed by atoms with Crippen molar-refractivity contribution in [3.8, 4) is 0 Å². The average Bonchev–Trinajstić information content (AvgIpc) is 1.82. The van der Waals surface area contributed by atoms with Gasteiger partial charge in [-0.3, -0.25) is 0 Å². The summed E-state index contributed by atoms with van der Waals surface area (Å²) in [7, 11) is 0. The number of nitrogens with zero attached hydrogens (tertiary/aromatic N) is 1. The van der Waals surface area contributed by atoms with E-state index in [4.69, 9.17) is 0 Å². The highest BCUT2D eigenvalue weighted by Crippen LogP contribution is 2.22. The molecule has 0 spiro atoms. The van der Waals surface area contributed by atoms with Gasteiger partial charge < -0.3 is 0 Å². The van der Waals surface area contributed by atoms with Crippen molar-refractivity contribution in [1.82, 2.24) is 4.98 Å². The van der Waals surface area contributed by atoms with Gasteiger partial charge in [0.15, 0.2) is 0 Å². The Morgan fingerprint density at radius 1 is 1.50 bits per heavy atom. The van der Waals surface area contributed by atoms with Crippen molar-refractivity contribution in [3.05, 3.63) is 24.4 Å². The molecule has 0 amide bonds. The molecule has 0 aliphatic rings. The quantitative estimate of drug-likeness (QED) is 0.498. The molecule has 10 heavy (non-hydrogen) atoms. The van der Waals surface area contributed by atoms with Crippen LogP contribution in [0.5, 0.6) is 0 Å². The fourth-order valence-corrected chi connectivity index (χ4v) is 2.92. The van der Waals surface area contributed by atoms with Gasteiger partial charge >= 0.3 is 0 Å². The van der Waals surface area contributed by atoms with Gasteiger partial charge in [-0.05, 0) is 73.0 Å². The fraction of sp³-hybridized carbons (Fsp3) is 0.167. The number of hydrogen-bond donors (Lipinski definition) is 0. The van der Waals surface area contributed by atoms with Crippen LogP contribution >= 0.6 is 54.5 Å². The zero-order valence-electron chi connectivity index (χ0n) is 5.16. The molecule has 1 rings (SSSR count). The Hall–Kier alpha value is 0.840. The first-order valence-corrected chi connectivity index (χ1v) is 5.26. The second-order valence-corrected chi connectivity index (χ2v) is 4.57. The lowest BCUT2D eigenvalue weighted by atomic mass is 10.3. The molecule has 1 aromatic rings.